The number of nitrogens with zero attached hydrogens (tertiary/aromatic N) is 3. The SMILES string of the molecule is O=C([O-])Cn1cc([N+](=O)[O-])cn1. The van der Waals surface area contributed by atoms with E-state index in [1.165, 1.54) is 0 Å². The number of hydrogen-bond donors (Lipinski definition) is 0. The quantitative estimate of drug-likeness (QED) is 0.407. The molecule has 0 amide bonds. The molecule has 0 aliphatic rings. The van der Waals surface area contributed by atoms with Crippen molar-refractivity contribution in [2.24, 2.45) is 0 Å². The maximum atomic E-state index is 10.1. The van der Waals surface area contributed by atoms with Crippen LogP contribution in [0.4, 0.5) is 5.69 Å². The van der Waals surface area contributed by atoms with Crippen molar-refractivity contribution in [2.75, 3.05) is 0 Å². The number of nitro groups is 1. The molecule has 0 atom stereocenters. The number of aromatic nitrogens is 2. The van der Waals surface area contributed by atoms with Gasteiger partial charge in [0.1, 0.15) is 12.4 Å². The summed E-state index contributed by atoms with van der Waals surface area (Å²) in [7, 11) is 0. The van der Waals surface area contributed by atoms with Gasteiger partial charge in [0, 0.05) is 0 Å². The number of hydrogen-bond acceptors (Lipinski definition) is 5. The Morgan fingerprint density at radius 2 is 2.42 bits per heavy atom. The molecule has 7 nitrogen and oxygen atoms in total. The number of aliphatic carboxylic acids is 1. The second kappa shape index (κ2) is 2.99. The van der Waals surface area contributed by atoms with Crippen LogP contribution in [0.25, 0.3) is 0 Å². The molecular weight excluding hydrogens is 166 g/mol. The van der Waals surface area contributed by atoms with Crippen LogP contribution in [-0.4, -0.2) is 20.7 Å². The third-order valence-corrected chi connectivity index (χ3v) is 1.12. The molecule has 0 aliphatic heterocycles. The van der Waals surface area contributed by atoms with E-state index < -0.39 is 17.4 Å². The third kappa shape index (κ3) is 1.78. The van der Waals surface area contributed by atoms with Crippen molar-refractivity contribution in [2.45, 2.75) is 6.54 Å². The summed E-state index contributed by atoms with van der Waals surface area (Å²) in [5.74, 6) is -1.34. The Kier molecular flexibility index (Phi) is 2.04. The van der Waals surface area contributed by atoms with Crippen molar-refractivity contribution in [3.8, 4) is 0 Å². The van der Waals surface area contributed by atoms with E-state index in [1.54, 1.807) is 0 Å². The zero-order chi connectivity index (χ0) is 9.14. The van der Waals surface area contributed by atoms with E-state index in [2.05, 4.69) is 5.10 Å². The van der Waals surface area contributed by atoms with E-state index in [0.29, 0.717) is 0 Å². The van der Waals surface area contributed by atoms with Gasteiger partial charge in [0.15, 0.2) is 0 Å². The maximum absolute atomic E-state index is 10.1. The highest BCUT2D eigenvalue weighted by molar-refractivity contribution is 5.63. The van der Waals surface area contributed by atoms with Crippen molar-refractivity contribution in [1.82, 2.24) is 9.78 Å². The van der Waals surface area contributed by atoms with E-state index in [4.69, 9.17) is 0 Å². The molecule has 1 heterocycles. The van der Waals surface area contributed by atoms with Crippen molar-refractivity contribution in [3.63, 3.8) is 0 Å². The lowest BCUT2D eigenvalue weighted by atomic mass is 10.6. The van der Waals surface area contributed by atoms with Crippen LogP contribution in [0.5, 0.6) is 0 Å². The largest absolute Gasteiger partial charge is 0.548 e. The Morgan fingerprint density at radius 1 is 1.75 bits per heavy atom. The first-order valence-corrected chi connectivity index (χ1v) is 2.96. The molecule has 1 rings (SSSR count). The van der Waals surface area contributed by atoms with Gasteiger partial charge in [0.25, 0.3) is 0 Å². The van der Waals surface area contributed by atoms with Gasteiger partial charge in [-0.3, -0.25) is 14.8 Å². The first-order valence-electron chi connectivity index (χ1n) is 2.96. The van der Waals surface area contributed by atoms with Gasteiger partial charge in [-0.05, 0) is 0 Å². The Bertz CT molecular complexity index is 318. The van der Waals surface area contributed by atoms with E-state index in [9.17, 15) is 20.0 Å². The summed E-state index contributed by atoms with van der Waals surface area (Å²) in [6.45, 7) is -0.478. The zero-order valence-corrected chi connectivity index (χ0v) is 5.84. The fourth-order valence-electron chi connectivity index (χ4n) is 0.666. The fourth-order valence-corrected chi connectivity index (χ4v) is 0.666. The first-order chi connectivity index (χ1) is 5.59. The van der Waals surface area contributed by atoms with Crippen LogP contribution >= 0.6 is 0 Å². The number of carboxylic acids is 1. The number of carbonyl (C=O) groups excluding carboxylic acids is 1. The van der Waals surface area contributed by atoms with Crippen molar-refractivity contribution in [1.29, 1.82) is 0 Å². The Balaban J connectivity index is 2.77. The first kappa shape index (κ1) is 8.18. The number of carboxylic acid groups (broad SMARTS) is 1. The summed E-state index contributed by atoms with van der Waals surface area (Å²) in [6, 6.07) is 0. The minimum absolute atomic E-state index is 0.240. The van der Waals surface area contributed by atoms with Gasteiger partial charge in [-0.25, -0.2) is 0 Å². The average Bonchev–Trinajstić information content (AvgIpc) is 2.34. The van der Waals surface area contributed by atoms with Crippen molar-refractivity contribution < 1.29 is 14.8 Å². The van der Waals surface area contributed by atoms with Gasteiger partial charge in [-0.1, -0.05) is 0 Å². The fraction of sp³-hybridized carbons (Fsp3) is 0.200. The van der Waals surface area contributed by atoms with Crippen molar-refractivity contribution in [3.05, 3.63) is 22.5 Å². The lowest BCUT2D eigenvalue weighted by molar-refractivity contribution is -0.385. The second-order valence-corrected chi connectivity index (χ2v) is 2.03. The molecule has 1 aromatic heterocycles. The van der Waals surface area contributed by atoms with E-state index in [1.807, 2.05) is 0 Å². The van der Waals surface area contributed by atoms with Gasteiger partial charge < -0.3 is 9.90 Å². The van der Waals surface area contributed by atoms with Crippen molar-refractivity contribution >= 4 is 11.7 Å². The average molecular weight is 170 g/mol. The molecule has 0 saturated heterocycles. The molecule has 0 saturated carbocycles. The topological polar surface area (TPSA) is 101 Å². The summed E-state index contributed by atoms with van der Waals surface area (Å²) in [5.41, 5.74) is -0.240. The smallest absolute Gasteiger partial charge is 0.307 e. The maximum Gasteiger partial charge on any atom is 0.307 e. The molecule has 0 bridgehead atoms. The van der Waals surface area contributed by atoms with Crippen LogP contribution in [0.15, 0.2) is 12.4 Å². The van der Waals surface area contributed by atoms with Crippen LogP contribution in [0.1, 0.15) is 0 Å². The van der Waals surface area contributed by atoms with E-state index >= 15 is 0 Å². The normalized spacial score (nSPS) is 9.67. The lowest BCUT2D eigenvalue weighted by Crippen LogP contribution is -2.27. The zero-order valence-electron chi connectivity index (χ0n) is 5.84. The third-order valence-electron chi connectivity index (χ3n) is 1.12. The Morgan fingerprint density at radius 3 is 2.83 bits per heavy atom. The monoisotopic (exact) mass is 170 g/mol. The Hall–Kier alpha value is -1.92. The predicted molar refractivity (Wildman–Crippen MR) is 33.9 cm³/mol. The lowest BCUT2D eigenvalue weighted by Gasteiger charge is -1.98. The van der Waals surface area contributed by atoms with Crippen LogP contribution in [0.2, 0.25) is 0 Å². The summed E-state index contributed by atoms with van der Waals surface area (Å²) >= 11 is 0. The summed E-state index contributed by atoms with van der Waals surface area (Å²) in [6.07, 6.45) is 2.00. The highest BCUT2D eigenvalue weighted by Gasteiger charge is 2.07. The minimum Gasteiger partial charge on any atom is -0.548 e. The molecule has 0 spiro atoms. The second-order valence-electron chi connectivity index (χ2n) is 2.03. The highest BCUT2D eigenvalue weighted by atomic mass is 16.6. The van der Waals surface area contributed by atoms with Gasteiger partial charge in [0.2, 0.25) is 0 Å². The van der Waals surface area contributed by atoms with Crippen LogP contribution in [0.3, 0.4) is 0 Å². The molecular formula is C5H4N3O4-. The van der Waals surface area contributed by atoms with Crippen LogP contribution in [-0.2, 0) is 11.3 Å². The molecule has 64 valence electrons. The van der Waals surface area contributed by atoms with E-state index in [0.717, 1.165) is 17.1 Å². The van der Waals surface area contributed by atoms with Crippen LogP contribution < -0.4 is 5.11 Å². The summed E-state index contributed by atoms with van der Waals surface area (Å²) < 4.78 is 0.924. The van der Waals surface area contributed by atoms with Crippen LogP contribution in [0, 0.1) is 10.1 Å². The number of carbonyl (C=O) groups is 1. The molecule has 0 aromatic carbocycles. The molecule has 0 aliphatic carbocycles. The molecule has 1 aromatic rings. The molecule has 12 heavy (non-hydrogen) atoms. The van der Waals surface area contributed by atoms with Gasteiger partial charge in [-0.15, -0.1) is 0 Å². The summed E-state index contributed by atoms with van der Waals surface area (Å²) in [5, 5.41) is 23.5. The number of rotatable bonds is 3. The standard InChI is InChI=1S/C5H5N3O4/c9-5(10)3-7-2-4(1-6-7)8(11)12/h1-2H,3H2,(H,9,10)/p-1. The molecule has 0 fully saturated rings. The predicted octanol–water partition coefficient (Wildman–Crippen LogP) is -1.46. The highest BCUT2D eigenvalue weighted by Crippen LogP contribution is 2.06. The Labute approximate surface area is 66.4 Å². The minimum atomic E-state index is -1.34. The summed E-state index contributed by atoms with van der Waals surface area (Å²) in [4.78, 5) is 19.4. The van der Waals surface area contributed by atoms with Gasteiger partial charge in [0.05, 0.1) is 17.4 Å². The molecule has 7 heteroatoms. The molecule has 0 N–H and O–H groups in total. The van der Waals surface area contributed by atoms with E-state index in [-0.39, 0.29) is 5.69 Å². The molecule has 0 radical (unpaired) electrons. The van der Waals surface area contributed by atoms with Gasteiger partial charge >= 0.3 is 5.69 Å². The molecule has 0 unspecified atom stereocenters. The van der Waals surface area contributed by atoms with Gasteiger partial charge in [-0.2, -0.15) is 5.10 Å².